The van der Waals surface area contributed by atoms with E-state index < -0.39 is 102 Å². The van der Waals surface area contributed by atoms with Gasteiger partial charge in [0, 0.05) is 71.6 Å². The molecule has 3 N–H and O–H groups in total. The third-order valence-electron chi connectivity index (χ3n) is 15.5. The number of likely N-dealkylation sites (N-methyl/N-ethyl adjacent to an activating group) is 1. The van der Waals surface area contributed by atoms with E-state index in [9.17, 15) is 39.0 Å². The third kappa shape index (κ3) is 17.5. The van der Waals surface area contributed by atoms with Crippen LogP contribution >= 0.6 is 0 Å². The van der Waals surface area contributed by atoms with Crippen molar-refractivity contribution < 1.29 is 67.4 Å². The van der Waals surface area contributed by atoms with Gasteiger partial charge in [-0.25, -0.2) is 9.59 Å². The summed E-state index contributed by atoms with van der Waals surface area (Å²) in [7, 11) is 8.35. The van der Waals surface area contributed by atoms with Gasteiger partial charge < -0.3 is 53.8 Å². The highest BCUT2D eigenvalue weighted by Crippen LogP contribution is 2.38. The molecule has 0 aromatic heterocycles. The molecule has 73 heavy (non-hydrogen) atoms. The van der Waals surface area contributed by atoms with Gasteiger partial charge in [0.25, 0.3) is 11.7 Å². The number of nitrogens with one attached hydrogen (secondary N) is 1. The van der Waals surface area contributed by atoms with Gasteiger partial charge in [-0.05, 0) is 121 Å². The number of piperidine rings is 1. The number of rotatable bonds is 10. The van der Waals surface area contributed by atoms with Crippen LogP contribution in [0.15, 0.2) is 47.6 Å². The van der Waals surface area contributed by atoms with Crippen molar-refractivity contribution in [2.24, 2.45) is 35.5 Å². The Hall–Kier alpha value is -4.10. The molecule has 3 aliphatic heterocycles. The van der Waals surface area contributed by atoms with Gasteiger partial charge >= 0.3 is 12.1 Å². The SMILES string of the molecule is CO[C@H]1C[C@@H]2CC[C@@H](C)[C@@](O)(O2)C(=O)C(=O)N2CCCC[C@H]2C(=O)O[C@H]([C@H](C)CC2CC[C@H](OC(=O)NCCN(C)C)[C@@H](OC)C2)CC(=O)[C@H](C)/C=C(\C)[C@@H](O)[C@@H](OC)C(=O)[C@H](C)C[C@H](C)\C=C/C=C/C=C/1C. The smallest absolute Gasteiger partial charge is 0.407 e. The molecule has 4 aliphatic rings. The minimum absolute atomic E-state index is 0.00596. The predicted octanol–water partition coefficient (Wildman–Crippen LogP) is 6.48. The van der Waals surface area contributed by atoms with E-state index in [4.69, 9.17) is 28.4 Å². The molecule has 1 unspecified atom stereocenters. The number of fused-ring (bicyclic) bond motifs is 3. The summed E-state index contributed by atoms with van der Waals surface area (Å²) in [6.07, 6.45) is 10.3. The summed E-state index contributed by atoms with van der Waals surface area (Å²) in [6.45, 7) is 13.8. The molecule has 15 atom stereocenters. The summed E-state index contributed by atoms with van der Waals surface area (Å²) in [5.41, 5.74) is 1.24. The summed E-state index contributed by atoms with van der Waals surface area (Å²) >= 11 is 0. The molecule has 3 fully saturated rings. The Bertz CT molecular complexity index is 1980. The van der Waals surface area contributed by atoms with E-state index in [0.29, 0.717) is 82.9 Å². The van der Waals surface area contributed by atoms with E-state index in [-0.39, 0.29) is 42.8 Å². The van der Waals surface area contributed by atoms with Gasteiger partial charge in [0.1, 0.15) is 36.2 Å². The number of aliphatic hydroxyl groups excluding tert-OH is 1. The van der Waals surface area contributed by atoms with Gasteiger partial charge in [-0.2, -0.15) is 0 Å². The van der Waals surface area contributed by atoms with E-state index in [1.54, 1.807) is 41.1 Å². The van der Waals surface area contributed by atoms with Crippen LogP contribution in [0, 0.1) is 35.5 Å². The van der Waals surface area contributed by atoms with Crippen LogP contribution in [-0.4, -0.2) is 165 Å². The Morgan fingerprint density at radius 1 is 0.890 bits per heavy atom. The number of allylic oxidation sites excluding steroid dienone is 6. The van der Waals surface area contributed by atoms with Gasteiger partial charge in [0.05, 0.1) is 18.3 Å². The monoisotopic (exact) mass is 1030 g/mol. The van der Waals surface area contributed by atoms with Gasteiger partial charge in [-0.3, -0.25) is 19.2 Å². The van der Waals surface area contributed by atoms with Crippen LogP contribution in [0.2, 0.25) is 0 Å². The van der Waals surface area contributed by atoms with Crippen molar-refractivity contribution in [2.45, 2.75) is 180 Å². The van der Waals surface area contributed by atoms with Crippen LogP contribution in [0.4, 0.5) is 4.79 Å². The van der Waals surface area contributed by atoms with Crippen molar-refractivity contribution in [1.82, 2.24) is 15.1 Å². The zero-order chi connectivity index (χ0) is 54.2. The molecule has 0 aromatic carbocycles. The number of alkyl carbamates (subject to hydrolysis) is 1. The Balaban J connectivity index is 1.67. The largest absolute Gasteiger partial charge is 0.460 e. The van der Waals surface area contributed by atoms with Crippen LogP contribution in [0.1, 0.15) is 126 Å². The molecule has 1 aliphatic carbocycles. The lowest BCUT2D eigenvalue weighted by Crippen LogP contribution is -2.61. The Morgan fingerprint density at radius 3 is 2.29 bits per heavy atom. The summed E-state index contributed by atoms with van der Waals surface area (Å²) in [6, 6.07) is -1.17. The van der Waals surface area contributed by atoms with Crippen molar-refractivity contribution in [3.63, 3.8) is 0 Å². The fraction of sp³-hybridized carbons (Fsp3) is 0.750. The number of hydrogen-bond donors (Lipinski definition) is 3. The van der Waals surface area contributed by atoms with Crippen molar-refractivity contribution in [2.75, 3.05) is 55.1 Å². The van der Waals surface area contributed by atoms with E-state index in [0.717, 1.165) is 5.57 Å². The lowest BCUT2D eigenvalue weighted by Gasteiger charge is -2.42. The highest BCUT2D eigenvalue weighted by atomic mass is 16.6. The number of amides is 2. The average molecular weight is 1030 g/mol. The topological polar surface area (TPSA) is 217 Å². The standard InChI is InChI=1S/C56H89N3O14/c1-34-18-14-13-15-19-35(2)46(68-10)32-42-23-21-40(7)56(67,73-42)52(63)53(64)59-26-17-16-20-43(59)54(65)71-47(33-44(60)36(3)29-39(6)50(62)51(70-12)49(61)38(5)28-34)37(4)30-41-22-24-45(48(31-41)69-11)72-55(66)57-25-27-58(8)9/h13-15,18-19,29,34,36-38,40-43,45-48,50-51,62,67H,16-17,20-28,30-33H2,1-12H3,(H,57,66)/b15-13+,18-14-,35-19+,39-29+/t34-,36-,37-,38-,40-,41?,42+,43+,45+,46+,47+,48+,50-,51+,56-/m1/s1. The lowest BCUT2D eigenvalue weighted by atomic mass is 9.78. The molecule has 2 amide bonds. The highest BCUT2D eigenvalue weighted by molar-refractivity contribution is 6.39. The van der Waals surface area contributed by atoms with Crippen LogP contribution in [-0.2, 0) is 52.4 Å². The molecule has 4 rings (SSSR count). The predicted molar refractivity (Wildman–Crippen MR) is 276 cm³/mol. The van der Waals surface area contributed by atoms with Gasteiger partial charge in [0.2, 0.25) is 5.79 Å². The minimum atomic E-state index is -2.45. The number of ketones is 3. The molecule has 2 bridgehead atoms. The first kappa shape index (κ1) is 61.4. The zero-order valence-electron chi connectivity index (χ0n) is 45.8. The average Bonchev–Trinajstić information content (AvgIpc) is 3.35. The Morgan fingerprint density at radius 2 is 1.62 bits per heavy atom. The van der Waals surface area contributed by atoms with E-state index in [1.807, 2.05) is 77.1 Å². The second-order valence-electron chi connectivity index (χ2n) is 21.7. The quantitative estimate of drug-likeness (QED) is 0.121. The van der Waals surface area contributed by atoms with Gasteiger partial charge in [-0.1, -0.05) is 71.1 Å². The van der Waals surface area contributed by atoms with Crippen LogP contribution < -0.4 is 5.32 Å². The van der Waals surface area contributed by atoms with E-state index in [1.165, 1.54) is 12.0 Å². The molecule has 412 valence electrons. The second-order valence-corrected chi connectivity index (χ2v) is 21.7. The lowest BCUT2D eigenvalue weighted by molar-refractivity contribution is -0.265. The van der Waals surface area contributed by atoms with Crippen LogP contribution in [0.3, 0.4) is 0 Å². The highest BCUT2D eigenvalue weighted by Gasteiger charge is 2.53. The van der Waals surface area contributed by atoms with Crippen LogP contribution in [0.25, 0.3) is 0 Å². The van der Waals surface area contributed by atoms with Crippen molar-refractivity contribution in [1.29, 1.82) is 0 Å². The number of hydrogen-bond acceptors (Lipinski definition) is 15. The normalized spacial score (nSPS) is 37.2. The van der Waals surface area contributed by atoms with E-state index in [2.05, 4.69) is 5.32 Å². The maximum Gasteiger partial charge on any atom is 0.407 e. The number of carbonyl (C=O) groups excluding carboxylic acids is 6. The number of ether oxygens (including phenoxy) is 6. The molecule has 0 spiro atoms. The number of methoxy groups -OCH3 is 3. The number of nitrogens with zero attached hydrogens (tertiary/aromatic N) is 2. The molecular weight excluding hydrogens is 939 g/mol. The molecule has 3 heterocycles. The van der Waals surface area contributed by atoms with Crippen molar-refractivity contribution in [3.05, 3.63) is 47.6 Å². The van der Waals surface area contributed by atoms with E-state index >= 15 is 0 Å². The number of carbonyl (C=O) groups is 6. The summed E-state index contributed by atoms with van der Waals surface area (Å²) in [5.74, 6) is -8.26. The number of cyclic esters (lactones) is 1. The maximum absolute atomic E-state index is 14.6. The second kappa shape index (κ2) is 29.3. The zero-order valence-corrected chi connectivity index (χ0v) is 45.8. The first-order valence-electron chi connectivity index (χ1n) is 26.6. The Kier molecular flexibility index (Phi) is 24.6. The number of aliphatic hydroxyl groups is 2. The molecule has 17 heteroatoms. The molecule has 17 nitrogen and oxygen atoms in total. The minimum Gasteiger partial charge on any atom is -0.460 e. The molecule has 2 saturated heterocycles. The van der Waals surface area contributed by atoms with Crippen molar-refractivity contribution in [3.8, 4) is 0 Å². The summed E-state index contributed by atoms with van der Waals surface area (Å²) < 4.78 is 35.6. The number of esters is 1. The van der Waals surface area contributed by atoms with Gasteiger partial charge in [-0.15, -0.1) is 0 Å². The molecule has 0 aromatic rings. The maximum atomic E-state index is 14.6. The molecule has 1 saturated carbocycles. The summed E-state index contributed by atoms with van der Waals surface area (Å²) in [4.78, 5) is 87.1. The molecule has 0 radical (unpaired) electrons. The number of Topliss-reactive ketones (excluding diaryl/α,β-unsaturated/α-hetero) is 3. The fourth-order valence-corrected chi connectivity index (χ4v) is 10.8. The third-order valence-corrected chi connectivity index (χ3v) is 15.5. The van der Waals surface area contributed by atoms with Gasteiger partial charge in [0.15, 0.2) is 5.78 Å². The summed E-state index contributed by atoms with van der Waals surface area (Å²) in [5, 5.41) is 26.3. The first-order valence-corrected chi connectivity index (χ1v) is 26.6. The fourth-order valence-electron chi connectivity index (χ4n) is 10.8. The Labute approximate surface area is 434 Å². The van der Waals surface area contributed by atoms with Crippen molar-refractivity contribution >= 4 is 35.3 Å². The first-order chi connectivity index (χ1) is 34.5. The van der Waals surface area contributed by atoms with Crippen LogP contribution in [0.5, 0.6) is 0 Å². The molecular formula is C56H89N3O14.